The Kier molecular flexibility index (Phi) is 8.27. The summed E-state index contributed by atoms with van der Waals surface area (Å²) in [5, 5.41) is 18.3. The highest BCUT2D eigenvalue weighted by molar-refractivity contribution is 5.65. The molecular formula is C18H33N4O3+. The van der Waals surface area contributed by atoms with E-state index in [1.807, 2.05) is 18.2 Å². The van der Waals surface area contributed by atoms with Crippen LogP contribution in [0.4, 0.5) is 11.4 Å². The molecular weight excluding hydrogens is 320 g/mol. The molecule has 0 spiro atoms. The van der Waals surface area contributed by atoms with Gasteiger partial charge in [-0.3, -0.25) is 4.90 Å². The number of ether oxygens (including phenoxy) is 1. The number of quaternary nitrogens is 1. The molecule has 25 heavy (non-hydrogen) atoms. The third kappa shape index (κ3) is 6.04. The maximum absolute atomic E-state index is 9.13. The lowest BCUT2D eigenvalue weighted by atomic mass is 10.2. The molecule has 5 N–H and O–H groups in total. The maximum atomic E-state index is 9.13. The first-order chi connectivity index (χ1) is 12.2. The van der Waals surface area contributed by atoms with Crippen LogP contribution in [0.15, 0.2) is 18.2 Å². The lowest BCUT2D eigenvalue weighted by molar-refractivity contribution is -0.900. The van der Waals surface area contributed by atoms with Gasteiger partial charge in [-0.25, -0.2) is 0 Å². The molecule has 0 saturated heterocycles. The van der Waals surface area contributed by atoms with Gasteiger partial charge in [-0.15, -0.1) is 0 Å². The van der Waals surface area contributed by atoms with E-state index in [0.29, 0.717) is 19.7 Å². The molecule has 1 aromatic rings. The quantitative estimate of drug-likeness (QED) is 0.369. The minimum Gasteiger partial charge on any atom is -0.489 e. The number of anilines is 2. The van der Waals surface area contributed by atoms with E-state index in [-0.39, 0.29) is 13.2 Å². The summed E-state index contributed by atoms with van der Waals surface area (Å²) in [4.78, 5) is 6.02. The van der Waals surface area contributed by atoms with Gasteiger partial charge in [0.2, 0.25) is 0 Å². The van der Waals surface area contributed by atoms with E-state index < -0.39 is 0 Å². The summed E-state index contributed by atoms with van der Waals surface area (Å²) < 4.78 is 5.71. The van der Waals surface area contributed by atoms with Crippen molar-refractivity contribution in [2.24, 2.45) is 0 Å². The summed E-state index contributed by atoms with van der Waals surface area (Å²) in [6.07, 6.45) is 0. The van der Waals surface area contributed by atoms with Gasteiger partial charge in [0.1, 0.15) is 25.4 Å². The minimum absolute atomic E-state index is 0.162. The first-order valence-electron chi connectivity index (χ1n) is 9.22. The van der Waals surface area contributed by atoms with Crippen molar-refractivity contribution in [1.29, 1.82) is 0 Å². The van der Waals surface area contributed by atoms with Crippen molar-refractivity contribution in [2.45, 2.75) is 6.92 Å². The number of fused-ring (bicyclic) bond motifs is 1. The van der Waals surface area contributed by atoms with E-state index in [1.165, 1.54) is 4.90 Å². The average Bonchev–Trinajstić information content (AvgIpc) is 2.61. The van der Waals surface area contributed by atoms with Gasteiger partial charge in [-0.2, -0.15) is 0 Å². The molecule has 0 radical (unpaired) electrons. The lowest BCUT2D eigenvalue weighted by Crippen LogP contribution is -3.13. The minimum atomic E-state index is 0.162. The van der Waals surface area contributed by atoms with Gasteiger partial charge in [0, 0.05) is 31.4 Å². The van der Waals surface area contributed by atoms with E-state index in [1.54, 1.807) is 0 Å². The Bertz CT molecular complexity index is 509. The molecule has 0 saturated carbocycles. The summed E-state index contributed by atoms with van der Waals surface area (Å²) in [5.41, 5.74) is 7.69. The van der Waals surface area contributed by atoms with Crippen molar-refractivity contribution in [3.8, 4) is 5.75 Å². The predicted octanol–water partition coefficient (Wildman–Crippen LogP) is -1.34. The number of nitrogens with zero attached hydrogens (tertiary/aromatic N) is 2. The monoisotopic (exact) mass is 353 g/mol. The number of nitrogen functional groups attached to an aromatic ring is 1. The Hall–Kier alpha value is -1.54. The molecule has 2 rings (SSSR count). The molecule has 1 aliphatic rings. The molecule has 7 nitrogen and oxygen atoms in total. The number of hydrogen-bond donors (Lipinski definition) is 4. The van der Waals surface area contributed by atoms with Gasteiger partial charge in [0.25, 0.3) is 0 Å². The van der Waals surface area contributed by atoms with Crippen molar-refractivity contribution in [3.05, 3.63) is 18.2 Å². The van der Waals surface area contributed by atoms with Crippen LogP contribution < -0.4 is 20.3 Å². The summed E-state index contributed by atoms with van der Waals surface area (Å²) >= 11 is 0. The normalized spacial score (nSPS) is 14.0. The Morgan fingerprint density at radius 1 is 1.20 bits per heavy atom. The van der Waals surface area contributed by atoms with Gasteiger partial charge in [0.15, 0.2) is 0 Å². The molecule has 7 heteroatoms. The van der Waals surface area contributed by atoms with Crippen LogP contribution in [0.3, 0.4) is 0 Å². The fraction of sp³-hybridized carbons (Fsp3) is 0.667. The molecule has 0 atom stereocenters. The molecule has 1 aromatic carbocycles. The first kappa shape index (κ1) is 19.8. The van der Waals surface area contributed by atoms with Crippen LogP contribution in [0, 0.1) is 0 Å². The van der Waals surface area contributed by atoms with E-state index in [2.05, 4.69) is 16.7 Å². The van der Waals surface area contributed by atoms with Crippen molar-refractivity contribution in [1.82, 2.24) is 4.90 Å². The zero-order valence-electron chi connectivity index (χ0n) is 15.3. The van der Waals surface area contributed by atoms with E-state index >= 15 is 0 Å². The van der Waals surface area contributed by atoms with Crippen LogP contribution in [-0.4, -0.2) is 87.3 Å². The fourth-order valence-corrected chi connectivity index (χ4v) is 3.22. The number of likely N-dealkylation sites (N-methyl/N-ethyl adjacent to an activating group) is 1. The molecule has 0 amide bonds. The highest BCUT2D eigenvalue weighted by atomic mass is 16.5. The highest BCUT2D eigenvalue weighted by Crippen LogP contribution is 2.32. The van der Waals surface area contributed by atoms with Crippen LogP contribution in [0.5, 0.6) is 5.75 Å². The molecule has 142 valence electrons. The Balaban J connectivity index is 1.84. The number of nitrogens with one attached hydrogen (secondary N) is 1. The Morgan fingerprint density at radius 2 is 1.96 bits per heavy atom. The molecule has 0 unspecified atom stereocenters. The maximum Gasteiger partial charge on any atom is 0.144 e. The number of nitrogens with two attached hydrogens (primary N) is 1. The summed E-state index contributed by atoms with van der Waals surface area (Å²) in [6, 6.07) is 5.85. The highest BCUT2D eigenvalue weighted by Gasteiger charge is 2.19. The molecule has 0 fully saturated rings. The van der Waals surface area contributed by atoms with Gasteiger partial charge in [-0.1, -0.05) is 6.92 Å². The molecule has 0 aromatic heterocycles. The van der Waals surface area contributed by atoms with Crippen LogP contribution in [0.2, 0.25) is 0 Å². The van der Waals surface area contributed by atoms with Gasteiger partial charge >= 0.3 is 0 Å². The van der Waals surface area contributed by atoms with E-state index in [9.17, 15) is 0 Å². The molecule has 0 bridgehead atoms. The smallest absolute Gasteiger partial charge is 0.144 e. The Morgan fingerprint density at radius 3 is 2.64 bits per heavy atom. The second-order valence-corrected chi connectivity index (χ2v) is 6.44. The van der Waals surface area contributed by atoms with E-state index in [0.717, 1.165) is 56.4 Å². The van der Waals surface area contributed by atoms with Crippen LogP contribution in [-0.2, 0) is 0 Å². The van der Waals surface area contributed by atoms with Crippen molar-refractivity contribution >= 4 is 11.4 Å². The van der Waals surface area contributed by atoms with Crippen LogP contribution >= 0.6 is 0 Å². The first-order valence-corrected chi connectivity index (χ1v) is 9.22. The fourth-order valence-electron chi connectivity index (χ4n) is 3.22. The second-order valence-electron chi connectivity index (χ2n) is 6.44. The second kappa shape index (κ2) is 10.5. The summed E-state index contributed by atoms with van der Waals surface area (Å²) in [6.45, 7) is 10.3. The third-order valence-corrected chi connectivity index (χ3v) is 4.79. The lowest BCUT2D eigenvalue weighted by Gasteiger charge is -2.33. The van der Waals surface area contributed by atoms with E-state index in [4.69, 9.17) is 20.7 Å². The van der Waals surface area contributed by atoms with Gasteiger partial charge in [0.05, 0.1) is 32.0 Å². The summed E-state index contributed by atoms with van der Waals surface area (Å²) in [5.74, 6) is 0.871. The van der Waals surface area contributed by atoms with Crippen LogP contribution in [0.1, 0.15) is 6.92 Å². The largest absolute Gasteiger partial charge is 0.489 e. The number of rotatable bonds is 11. The average molecular weight is 353 g/mol. The zero-order valence-corrected chi connectivity index (χ0v) is 15.3. The molecule has 0 aliphatic carbocycles. The number of hydrogen-bond acceptors (Lipinski definition) is 6. The van der Waals surface area contributed by atoms with Crippen molar-refractivity contribution < 1.29 is 19.8 Å². The third-order valence-electron chi connectivity index (χ3n) is 4.79. The van der Waals surface area contributed by atoms with Crippen LogP contribution in [0.25, 0.3) is 0 Å². The predicted molar refractivity (Wildman–Crippen MR) is 100 cm³/mol. The number of aliphatic hydroxyl groups is 2. The molecule has 1 aliphatic heterocycles. The SMILES string of the molecule is CCN(CCN1CCOc2cc(N)ccc21)CC[NH+](CCO)CCO. The molecule has 1 heterocycles. The topological polar surface area (TPSA) is 86.6 Å². The van der Waals surface area contributed by atoms with Gasteiger partial charge in [-0.05, 0) is 18.7 Å². The van der Waals surface area contributed by atoms with Crippen molar-refractivity contribution in [3.63, 3.8) is 0 Å². The standard InChI is InChI=1S/C18H32N4O3/c1-2-20(5-6-21(9-12-23)10-13-24)7-8-22-11-14-25-18-15-16(19)3-4-17(18)22/h3-4,15,23-24H,2,5-14,19H2,1H3/p+1. The zero-order chi connectivity index (χ0) is 18.1. The summed E-state index contributed by atoms with van der Waals surface area (Å²) in [7, 11) is 0. The Labute approximate surface area is 150 Å². The van der Waals surface area contributed by atoms with Gasteiger partial charge < -0.3 is 30.5 Å². The number of benzene rings is 1. The number of aliphatic hydroxyl groups excluding tert-OH is 2. The van der Waals surface area contributed by atoms with Crippen molar-refractivity contribution in [2.75, 3.05) is 82.8 Å².